The van der Waals surface area contributed by atoms with Crippen molar-refractivity contribution in [2.75, 3.05) is 26.2 Å². The fourth-order valence-corrected chi connectivity index (χ4v) is 5.89. The summed E-state index contributed by atoms with van der Waals surface area (Å²) in [5.41, 5.74) is 2.82. The molecule has 0 radical (unpaired) electrons. The van der Waals surface area contributed by atoms with Crippen molar-refractivity contribution in [3.8, 4) is 9.88 Å². The molecule has 1 N–H and O–H groups in total. The average Bonchev–Trinajstić information content (AvgIpc) is 3.54. The highest BCUT2D eigenvalue weighted by Gasteiger charge is 2.25. The first kappa shape index (κ1) is 21.2. The van der Waals surface area contributed by atoms with E-state index in [9.17, 15) is 9.59 Å². The quantitative estimate of drug-likeness (QED) is 0.454. The van der Waals surface area contributed by atoms with Crippen LogP contribution in [0.15, 0.2) is 48.0 Å². The second-order valence-corrected chi connectivity index (χ2v) is 10.3. The number of hydrogen-bond acceptors (Lipinski definition) is 5. The van der Waals surface area contributed by atoms with E-state index in [2.05, 4.69) is 9.97 Å². The van der Waals surface area contributed by atoms with Crippen LogP contribution in [0.1, 0.15) is 11.3 Å². The Morgan fingerprint density at radius 2 is 1.72 bits per heavy atom. The van der Waals surface area contributed by atoms with E-state index in [1.807, 2.05) is 57.8 Å². The Balaban J connectivity index is 1.14. The van der Waals surface area contributed by atoms with Crippen LogP contribution in [-0.4, -0.2) is 57.8 Å². The average molecular weight is 485 g/mol. The summed E-state index contributed by atoms with van der Waals surface area (Å²) >= 11 is 9.02. The Hall–Kier alpha value is -2.68. The number of thiophene rings is 1. The number of piperazine rings is 1. The van der Waals surface area contributed by atoms with E-state index >= 15 is 0 Å². The first-order valence-electron chi connectivity index (χ1n) is 10.4. The minimum atomic E-state index is 0.0507. The summed E-state index contributed by atoms with van der Waals surface area (Å²) in [7, 11) is 0. The van der Waals surface area contributed by atoms with Crippen molar-refractivity contribution in [2.24, 2.45) is 0 Å². The Kier molecular flexibility index (Phi) is 5.99. The Morgan fingerprint density at radius 1 is 1.00 bits per heavy atom. The molecule has 1 fully saturated rings. The van der Waals surface area contributed by atoms with Crippen molar-refractivity contribution in [1.82, 2.24) is 19.8 Å². The molecule has 1 aliphatic heterocycles. The van der Waals surface area contributed by atoms with Crippen LogP contribution in [0.2, 0.25) is 4.34 Å². The molecule has 4 aromatic rings. The van der Waals surface area contributed by atoms with E-state index < -0.39 is 0 Å². The number of benzene rings is 1. The first-order valence-corrected chi connectivity index (χ1v) is 12.4. The molecule has 9 heteroatoms. The molecule has 164 valence electrons. The molecule has 0 aliphatic carbocycles. The number of rotatable bonds is 5. The SMILES string of the molecule is O=C(Cc1csc(-c2ccc(Cl)s2)n1)N1CCN(C(=O)Cc2c[nH]c3ccccc23)CC1. The van der Waals surface area contributed by atoms with E-state index in [0.717, 1.165) is 36.4 Å². The van der Waals surface area contributed by atoms with E-state index in [0.29, 0.717) is 32.6 Å². The third-order valence-electron chi connectivity index (χ3n) is 5.67. The Labute approximate surface area is 198 Å². The van der Waals surface area contributed by atoms with Crippen molar-refractivity contribution in [2.45, 2.75) is 12.8 Å². The van der Waals surface area contributed by atoms with Crippen LogP contribution in [0.4, 0.5) is 0 Å². The Bertz CT molecular complexity index is 1270. The maximum Gasteiger partial charge on any atom is 0.228 e. The molecule has 6 nitrogen and oxygen atoms in total. The van der Waals surface area contributed by atoms with Gasteiger partial charge in [0, 0.05) is 48.7 Å². The summed E-state index contributed by atoms with van der Waals surface area (Å²) in [6, 6.07) is 11.8. The molecule has 0 unspecified atom stereocenters. The molecule has 1 saturated heterocycles. The molecule has 1 aliphatic rings. The van der Waals surface area contributed by atoms with Crippen LogP contribution in [-0.2, 0) is 22.4 Å². The van der Waals surface area contributed by atoms with E-state index in [1.165, 1.54) is 22.7 Å². The zero-order chi connectivity index (χ0) is 22.1. The van der Waals surface area contributed by atoms with Gasteiger partial charge in [0.2, 0.25) is 11.8 Å². The van der Waals surface area contributed by atoms with Crippen molar-refractivity contribution >= 4 is 57.0 Å². The molecule has 3 aromatic heterocycles. The summed E-state index contributed by atoms with van der Waals surface area (Å²) in [4.78, 5) is 38.1. The van der Waals surface area contributed by atoms with Crippen molar-refractivity contribution in [3.63, 3.8) is 0 Å². The summed E-state index contributed by atoms with van der Waals surface area (Å²) in [6.45, 7) is 2.22. The maximum atomic E-state index is 12.8. The van der Waals surface area contributed by atoms with Gasteiger partial charge in [-0.2, -0.15) is 0 Å². The van der Waals surface area contributed by atoms with E-state index in [1.54, 1.807) is 0 Å². The first-order chi connectivity index (χ1) is 15.6. The zero-order valence-corrected chi connectivity index (χ0v) is 19.6. The van der Waals surface area contributed by atoms with Crippen LogP contribution in [0.3, 0.4) is 0 Å². The van der Waals surface area contributed by atoms with Gasteiger partial charge < -0.3 is 14.8 Å². The molecule has 0 atom stereocenters. The number of nitrogens with one attached hydrogen (secondary N) is 1. The fourth-order valence-electron chi connectivity index (χ4n) is 3.96. The van der Waals surface area contributed by atoms with Gasteiger partial charge in [-0.3, -0.25) is 9.59 Å². The normalized spacial score (nSPS) is 14.3. The maximum absolute atomic E-state index is 12.8. The van der Waals surface area contributed by atoms with Crippen molar-refractivity contribution in [3.05, 3.63) is 63.6 Å². The lowest BCUT2D eigenvalue weighted by Gasteiger charge is -2.34. The van der Waals surface area contributed by atoms with E-state index in [4.69, 9.17) is 11.6 Å². The molecule has 1 aromatic carbocycles. The number of aromatic nitrogens is 2. The van der Waals surface area contributed by atoms with Crippen LogP contribution in [0.25, 0.3) is 20.8 Å². The van der Waals surface area contributed by atoms with Gasteiger partial charge in [-0.05, 0) is 23.8 Å². The summed E-state index contributed by atoms with van der Waals surface area (Å²) < 4.78 is 0.727. The zero-order valence-electron chi connectivity index (χ0n) is 17.2. The molecule has 0 saturated carbocycles. The molecule has 5 rings (SSSR count). The van der Waals surface area contributed by atoms with Crippen LogP contribution < -0.4 is 0 Å². The summed E-state index contributed by atoms with van der Waals surface area (Å²) in [6.07, 6.45) is 2.56. The predicted molar refractivity (Wildman–Crippen MR) is 129 cm³/mol. The van der Waals surface area contributed by atoms with Crippen LogP contribution in [0.5, 0.6) is 0 Å². The van der Waals surface area contributed by atoms with Gasteiger partial charge in [0.25, 0.3) is 0 Å². The molecule has 4 heterocycles. The number of para-hydroxylation sites is 1. The molecule has 32 heavy (non-hydrogen) atoms. The number of carbonyl (C=O) groups is 2. The lowest BCUT2D eigenvalue weighted by atomic mass is 10.1. The molecule has 2 amide bonds. The predicted octanol–water partition coefficient (Wildman–Crippen LogP) is 4.46. The lowest BCUT2D eigenvalue weighted by Crippen LogP contribution is -2.51. The Morgan fingerprint density at radius 3 is 2.44 bits per heavy atom. The van der Waals surface area contributed by atoms with Gasteiger partial charge in [0.05, 0.1) is 27.7 Å². The standard InChI is InChI=1S/C23H21ClN4O2S2/c24-20-6-5-19(32-20)23-26-16(14-31-23)12-22(30)28-9-7-27(8-10-28)21(29)11-15-13-25-18-4-2-1-3-17(15)18/h1-6,13-14,25H,7-12H2. The van der Waals surface area contributed by atoms with Gasteiger partial charge in [0.1, 0.15) is 5.01 Å². The number of carbonyl (C=O) groups excluding carboxylic acids is 2. The summed E-state index contributed by atoms with van der Waals surface area (Å²) in [5.74, 6) is 0.149. The number of H-pyrrole nitrogens is 1. The number of hydrogen-bond donors (Lipinski definition) is 1. The highest BCUT2D eigenvalue weighted by Crippen LogP contribution is 2.33. The number of aromatic amines is 1. The number of nitrogens with zero attached hydrogens (tertiary/aromatic N) is 3. The third kappa shape index (κ3) is 4.44. The molecule has 0 bridgehead atoms. The third-order valence-corrected chi connectivity index (χ3v) is 7.96. The number of amides is 2. The molecular weight excluding hydrogens is 464 g/mol. The monoisotopic (exact) mass is 484 g/mol. The number of halogens is 1. The fraction of sp³-hybridized carbons (Fsp3) is 0.261. The number of fused-ring (bicyclic) bond motifs is 1. The highest BCUT2D eigenvalue weighted by molar-refractivity contribution is 7.23. The highest BCUT2D eigenvalue weighted by atomic mass is 35.5. The van der Waals surface area contributed by atoms with Gasteiger partial charge in [-0.1, -0.05) is 29.8 Å². The minimum absolute atomic E-state index is 0.0507. The van der Waals surface area contributed by atoms with Crippen molar-refractivity contribution < 1.29 is 9.59 Å². The van der Waals surface area contributed by atoms with Gasteiger partial charge in [0.15, 0.2) is 0 Å². The second-order valence-electron chi connectivity index (χ2n) is 7.72. The van der Waals surface area contributed by atoms with E-state index in [-0.39, 0.29) is 18.2 Å². The van der Waals surface area contributed by atoms with Gasteiger partial charge in [-0.15, -0.1) is 22.7 Å². The lowest BCUT2D eigenvalue weighted by molar-refractivity contribution is -0.138. The second kappa shape index (κ2) is 9.05. The van der Waals surface area contributed by atoms with Gasteiger partial charge in [-0.25, -0.2) is 4.98 Å². The van der Waals surface area contributed by atoms with Crippen LogP contribution >= 0.6 is 34.3 Å². The van der Waals surface area contributed by atoms with Gasteiger partial charge >= 0.3 is 0 Å². The largest absolute Gasteiger partial charge is 0.361 e. The molecular formula is C23H21ClN4O2S2. The van der Waals surface area contributed by atoms with Crippen LogP contribution in [0, 0.1) is 0 Å². The number of thiazole rings is 1. The minimum Gasteiger partial charge on any atom is -0.361 e. The smallest absolute Gasteiger partial charge is 0.228 e. The van der Waals surface area contributed by atoms with Crippen molar-refractivity contribution in [1.29, 1.82) is 0 Å². The summed E-state index contributed by atoms with van der Waals surface area (Å²) in [5, 5.41) is 3.90. The molecule has 0 spiro atoms. The topological polar surface area (TPSA) is 69.3 Å².